The predicted octanol–water partition coefficient (Wildman–Crippen LogP) is 3.48. The molecule has 1 fully saturated rings. The molecule has 1 aromatic carbocycles. The molecular weight excluding hydrogens is 340 g/mol. The maximum Gasteiger partial charge on any atom is 0.257 e. The summed E-state index contributed by atoms with van der Waals surface area (Å²) in [6.07, 6.45) is 4.66. The van der Waals surface area contributed by atoms with Gasteiger partial charge < -0.3 is 10.2 Å². The van der Waals surface area contributed by atoms with Gasteiger partial charge in [-0.05, 0) is 37.0 Å². The second-order valence-electron chi connectivity index (χ2n) is 6.52. The molecule has 7 heteroatoms. The SMILES string of the molecule is CC1CCN(C(=O)c2cncc(C(=O)Nc3ccc(F)c(F)c3)c2)CC1. The van der Waals surface area contributed by atoms with Gasteiger partial charge in [0.05, 0.1) is 11.1 Å². The van der Waals surface area contributed by atoms with Gasteiger partial charge in [-0.1, -0.05) is 6.92 Å². The molecule has 0 radical (unpaired) electrons. The number of likely N-dealkylation sites (tertiary alicyclic amines) is 1. The zero-order chi connectivity index (χ0) is 18.7. The Hall–Kier alpha value is -2.83. The molecule has 1 N–H and O–H groups in total. The number of carbonyl (C=O) groups excluding carboxylic acids is 2. The van der Waals surface area contributed by atoms with E-state index in [-0.39, 0.29) is 17.2 Å². The zero-order valence-corrected chi connectivity index (χ0v) is 14.3. The standard InChI is InChI=1S/C19H19F2N3O2/c1-12-4-6-24(7-5-12)19(26)14-8-13(10-22-11-14)18(25)23-15-2-3-16(20)17(21)9-15/h2-3,8-12H,4-7H2,1H3,(H,23,25). The topological polar surface area (TPSA) is 62.3 Å². The lowest BCUT2D eigenvalue weighted by Crippen LogP contribution is -2.38. The number of carbonyl (C=O) groups is 2. The van der Waals surface area contributed by atoms with E-state index in [1.807, 2.05) is 0 Å². The number of anilines is 1. The van der Waals surface area contributed by atoms with Crippen molar-refractivity contribution in [3.63, 3.8) is 0 Å². The Morgan fingerprint density at radius 3 is 2.46 bits per heavy atom. The van der Waals surface area contributed by atoms with Crippen molar-refractivity contribution in [2.45, 2.75) is 19.8 Å². The molecule has 136 valence electrons. The van der Waals surface area contributed by atoms with Gasteiger partial charge in [-0.15, -0.1) is 0 Å². The first-order chi connectivity index (χ1) is 12.4. The normalized spacial score (nSPS) is 15.0. The first-order valence-corrected chi connectivity index (χ1v) is 8.45. The van der Waals surface area contributed by atoms with Gasteiger partial charge in [-0.2, -0.15) is 0 Å². The molecule has 3 rings (SSSR count). The first-order valence-electron chi connectivity index (χ1n) is 8.45. The van der Waals surface area contributed by atoms with E-state index in [1.165, 1.54) is 24.5 Å². The van der Waals surface area contributed by atoms with E-state index in [4.69, 9.17) is 0 Å². The summed E-state index contributed by atoms with van der Waals surface area (Å²) in [6, 6.07) is 4.54. The fourth-order valence-electron chi connectivity index (χ4n) is 2.85. The number of hydrogen-bond donors (Lipinski definition) is 1. The maximum absolute atomic E-state index is 13.2. The largest absolute Gasteiger partial charge is 0.339 e. The summed E-state index contributed by atoms with van der Waals surface area (Å²) in [5, 5.41) is 2.47. The van der Waals surface area contributed by atoms with Crippen LogP contribution in [0.25, 0.3) is 0 Å². The van der Waals surface area contributed by atoms with Crippen molar-refractivity contribution in [2.24, 2.45) is 5.92 Å². The van der Waals surface area contributed by atoms with E-state index in [0.717, 1.165) is 25.0 Å². The molecule has 0 aliphatic carbocycles. The van der Waals surface area contributed by atoms with Crippen LogP contribution in [-0.2, 0) is 0 Å². The highest BCUT2D eigenvalue weighted by atomic mass is 19.2. The highest BCUT2D eigenvalue weighted by molar-refractivity contribution is 6.05. The van der Waals surface area contributed by atoms with Gasteiger partial charge in [-0.25, -0.2) is 8.78 Å². The van der Waals surface area contributed by atoms with Gasteiger partial charge in [0.25, 0.3) is 11.8 Å². The molecule has 0 atom stereocenters. The molecule has 1 aliphatic heterocycles. The van der Waals surface area contributed by atoms with Crippen LogP contribution in [0.4, 0.5) is 14.5 Å². The molecule has 2 amide bonds. The minimum atomic E-state index is -1.05. The minimum absolute atomic E-state index is 0.121. The quantitative estimate of drug-likeness (QED) is 0.913. The Bertz CT molecular complexity index is 833. The number of rotatable bonds is 3. The average molecular weight is 359 g/mol. The van der Waals surface area contributed by atoms with E-state index < -0.39 is 17.5 Å². The number of aromatic nitrogens is 1. The lowest BCUT2D eigenvalue weighted by atomic mass is 9.98. The monoisotopic (exact) mass is 359 g/mol. The van der Waals surface area contributed by atoms with Gasteiger partial charge in [0.15, 0.2) is 11.6 Å². The number of nitrogens with one attached hydrogen (secondary N) is 1. The summed E-state index contributed by atoms with van der Waals surface area (Å²) in [6.45, 7) is 3.53. The number of hydrogen-bond acceptors (Lipinski definition) is 3. The van der Waals surface area contributed by atoms with Crippen LogP contribution >= 0.6 is 0 Å². The van der Waals surface area contributed by atoms with E-state index in [9.17, 15) is 18.4 Å². The number of pyridine rings is 1. The van der Waals surface area contributed by atoms with Crippen LogP contribution in [0.1, 0.15) is 40.5 Å². The van der Waals surface area contributed by atoms with Crippen LogP contribution in [0.15, 0.2) is 36.7 Å². The summed E-state index contributed by atoms with van der Waals surface area (Å²) in [7, 11) is 0. The van der Waals surface area contributed by atoms with Gasteiger partial charge in [0, 0.05) is 37.2 Å². The van der Waals surface area contributed by atoms with Crippen molar-refractivity contribution in [1.82, 2.24) is 9.88 Å². The fourth-order valence-corrected chi connectivity index (χ4v) is 2.85. The molecule has 5 nitrogen and oxygen atoms in total. The number of benzene rings is 1. The Morgan fingerprint density at radius 2 is 1.77 bits per heavy atom. The third-order valence-corrected chi connectivity index (χ3v) is 4.50. The number of amides is 2. The van der Waals surface area contributed by atoms with Crippen molar-refractivity contribution in [2.75, 3.05) is 18.4 Å². The second kappa shape index (κ2) is 7.59. The smallest absolute Gasteiger partial charge is 0.257 e. The van der Waals surface area contributed by atoms with Crippen molar-refractivity contribution < 1.29 is 18.4 Å². The molecular formula is C19H19F2N3O2. The molecule has 2 heterocycles. The number of halogens is 2. The molecule has 0 bridgehead atoms. The van der Waals surface area contributed by atoms with Crippen LogP contribution < -0.4 is 5.32 Å². The van der Waals surface area contributed by atoms with Crippen LogP contribution in [0, 0.1) is 17.6 Å². The Labute approximate surface area is 150 Å². The third kappa shape index (κ3) is 4.04. The van der Waals surface area contributed by atoms with E-state index in [1.54, 1.807) is 4.90 Å². The summed E-state index contributed by atoms with van der Waals surface area (Å²) in [5.74, 6) is -2.15. The summed E-state index contributed by atoms with van der Waals surface area (Å²) in [5.41, 5.74) is 0.624. The van der Waals surface area contributed by atoms with Crippen LogP contribution in [-0.4, -0.2) is 34.8 Å². The van der Waals surface area contributed by atoms with Gasteiger partial charge in [0.2, 0.25) is 0 Å². The van der Waals surface area contributed by atoms with E-state index in [0.29, 0.717) is 24.6 Å². The van der Waals surface area contributed by atoms with Gasteiger partial charge in [-0.3, -0.25) is 14.6 Å². The minimum Gasteiger partial charge on any atom is -0.339 e. The molecule has 0 unspecified atom stereocenters. The van der Waals surface area contributed by atoms with Crippen LogP contribution in [0.5, 0.6) is 0 Å². The summed E-state index contributed by atoms with van der Waals surface area (Å²) >= 11 is 0. The highest BCUT2D eigenvalue weighted by Gasteiger charge is 2.22. The van der Waals surface area contributed by atoms with Gasteiger partial charge >= 0.3 is 0 Å². The van der Waals surface area contributed by atoms with Gasteiger partial charge in [0.1, 0.15) is 0 Å². The van der Waals surface area contributed by atoms with Crippen molar-refractivity contribution in [3.8, 4) is 0 Å². The fraction of sp³-hybridized carbons (Fsp3) is 0.316. The van der Waals surface area contributed by atoms with Crippen molar-refractivity contribution in [1.29, 1.82) is 0 Å². The molecule has 1 aromatic heterocycles. The maximum atomic E-state index is 13.2. The Morgan fingerprint density at radius 1 is 1.08 bits per heavy atom. The predicted molar refractivity (Wildman–Crippen MR) is 92.8 cm³/mol. The second-order valence-corrected chi connectivity index (χ2v) is 6.52. The van der Waals surface area contributed by atoms with Crippen molar-refractivity contribution in [3.05, 3.63) is 59.4 Å². The lowest BCUT2D eigenvalue weighted by Gasteiger charge is -2.30. The molecule has 0 spiro atoms. The molecule has 0 saturated carbocycles. The third-order valence-electron chi connectivity index (χ3n) is 4.50. The number of nitrogens with zero attached hydrogens (tertiary/aromatic N) is 2. The molecule has 1 aliphatic rings. The van der Waals surface area contributed by atoms with Crippen LogP contribution in [0.3, 0.4) is 0 Å². The van der Waals surface area contributed by atoms with E-state index >= 15 is 0 Å². The molecule has 26 heavy (non-hydrogen) atoms. The highest BCUT2D eigenvalue weighted by Crippen LogP contribution is 2.19. The lowest BCUT2D eigenvalue weighted by molar-refractivity contribution is 0.0697. The Balaban J connectivity index is 1.72. The van der Waals surface area contributed by atoms with E-state index in [2.05, 4.69) is 17.2 Å². The summed E-state index contributed by atoms with van der Waals surface area (Å²) < 4.78 is 26.2. The summed E-state index contributed by atoms with van der Waals surface area (Å²) in [4.78, 5) is 30.6. The number of piperidine rings is 1. The first kappa shape index (κ1) is 18.0. The Kier molecular flexibility index (Phi) is 5.25. The van der Waals surface area contributed by atoms with Crippen molar-refractivity contribution >= 4 is 17.5 Å². The average Bonchev–Trinajstić information content (AvgIpc) is 2.65. The van der Waals surface area contributed by atoms with Crippen LogP contribution in [0.2, 0.25) is 0 Å². The molecule has 1 saturated heterocycles. The molecule has 2 aromatic rings. The zero-order valence-electron chi connectivity index (χ0n) is 14.3.